The van der Waals surface area contributed by atoms with E-state index in [9.17, 15) is 0 Å². The third kappa shape index (κ3) is 1.52. The minimum Gasteiger partial charge on any atom is -0.0651 e. The van der Waals surface area contributed by atoms with Gasteiger partial charge in [0, 0.05) is 0 Å². The normalized spacial score (nSPS) is 10.7. The largest absolute Gasteiger partial charge is 0.0651 e. The molecule has 0 nitrogen and oxygen atoms in total. The molecule has 2 aromatic carbocycles. The van der Waals surface area contributed by atoms with E-state index in [-0.39, 0.29) is 0 Å². The van der Waals surface area contributed by atoms with E-state index in [1.165, 1.54) is 16.3 Å². The van der Waals surface area contributed by atoms with E-state index in [1.807, 2.05) is 12.1 Å². The van der Waals surface area contributed by atoms with Gasteiger partial charge in [-0.05, 0) is 35.2 Å². The van der Waals surface area contributed by atoms with E-state index in [1.54, 1.807) is 0 Å². The van der Waals surface area contributed by atoms with Gasteiger partial charge < -0.3 is 0 Å². The molecule has 0 aliphatic heterocycles. The first-order valence-electron chi connectivity index (χ1n) is 5.09. The van der Waals surface area contributed by atoms with Crippen LogP contribution in [0.2, 0.25) is 0 Å². The Balaban J connectivity index is 2.63. The van der Waals surface area contributed by atoms with Gasteiger partial charge in [0.05, 0.1) is 0 Å². The number of rotatable bonds is 2. The van der Waals surface area contributed by atoms with Crippen molar-refractivity contribution in [3.05, 3.63) is 54.4 Å². The summed E-state index contributed by atoms with van der Waals surface area (Å²) in [5.74, 6) is 0. The first-order chi connectivity index (χ1) is 6.83. The van der Waals surface area contributed by atoms with Crippen molar-refractivity contribution in [2.24, 2.45) is 0 Å². The smallest absolute Gasteiger partial charge is 0.000251 e. The Kier molecular flexibility index (Phi) is 2.53. The maximum absolute atomic E-state index is 6.11. The van der Waals surface area contributed by atoms with Crippen molar-refractivity contribution in [3.8, 4) is 0 Å². The van der Waals surface area contributed by atoms with E-state index in [2.05, 4.69) is 31.2 Å². The van der Waals surface area contributed by atoms with Crippen LogP contribution in [0.5, 0.6) is 0 Å². The first-order valence-corrected chi connectivity index (χ1v) is 5.09. The second-order valence-corrected chi connectivity index (χ2v) is 3.61. The Hall–Kier alpha value is -1.30. The lowest BCUT2D eigenvalue weighted by molar-refractivity contribution is 0.920. The van der Waals surface area contributed by atoms with Crippen LogP contribution in [0.4, 0.5) is 0 Å². The fourth-order valence-electron chi connectivity index (χ4n) is 1.83. The predicted octanol–water partition coefficient (Wildman–Crippen LogP) is 3.85. The van der Waals surface area contributed by atoms with E-state index in [0.717, 1.165) is 18.4 Å². The third-order valence-electron chi connectivity index (χ3n) is 2.58. The van der Waals surface area contributed by atoms with Crippen molar-refractivity contribution in [1.29, 1.82) is 0 Å². The molecule has 0 aliphatic rings. The van der Waals surface area contributed by atoms with E-state index in [0.29, 0.717) is 0 Å². The topological polar surface area (TPSA) is 0 Å². The van der Waals surface area contributed by atoms with Crippen LogP contribution in [-0.2, 0) is 6.42 Å². The molecule has 2 radical (unpaired) electrons. The summed E-state index contributed by atoms with van der Waals surface area (Å²) in [6.45, 7) is 8.28. The fraction of sp³-hybridized carbons (Fsp3) is 0.214. The second kappa shape index (κ2) is 3.83. The number of fused-ring (bicyclic) bond motifs is 1. The molecular weight excluding hydrogens is 168 g/mol. The van der Waals surface area contributed by atoms with Crippen molar-refractivity contribution in [2.45, 2.75) is 19.8 Å². The molecule has 0 saturated carbocycles. The zero-order valence-electron chi connectivity index (χ0n) is 8.46. The minimum atomic E-state index is 0.949. The molecule has 2 rings (SSSR count). The third-order valence-corrected chi connectivity index (χ3v) is 2.58. The van der Waals surface area contributed by atoms with Gasteiger partial charge in [-0.3, -0.25) is 0 Å². The highest BCUT2D eigenvalue weighted by atomic mass is 14.1. The summed E-state index contributed by atoms with van der Waals surface area (Å²) in [4.78, 5) is 0. The second-order valence-electron chi connectivity index (χ2n) is 3.61. The Morgan fingerprint density at radius 1 is 1.07 bits per heavy atom. The van der Waals surface area contributed by atoms with Gasteiger partial charge in [-0.2, -0.15) is 0 Å². The monoisotopic (exact) mass is 182 g/mol. The lowest BCUT2D eigenvalue weighted by atomic mass is 9.97. The van der Waals surface area contributed by atoms with Crippen molar-refractivity contribution in [2.75, 3.05) is 0 Å². The van der Waals surface area contributed by atoms with E-state index < -0.39 is 0 Å². The molecule has 0 saturated heterocycles. The van der Waals surface area contributed by atoms with Crippen LogP contribution in [0.1, 0.15) is 24.5 Å². The van der Waals surface area contributed by atoms with Gasteiger partial charge in [0.1, 0.15) is 0 Å². The molecule has 0 bridgehead atoms. The Labute approximate surface area is 85.6 Å². The number of hydrogen-bond acceptors (Lipinski definition) is 0. The molecule has 0 atom stereocenters. The quantitative estimate of drug-likeness (QED) is 0.661. The predicted molar refractivity (Wildman–Crippen MR) is 61.3 cm³/mol. The summed E-state index contributed by atoms with van der Waals surface area (Å²) in [7, 11) is 0. The molecule has 0 amide bonds. The number of aryl methyl sites for hydroxylation is 1. The molecule has 0 unspecified atom stereocenters. The van der Waals surface area contributed by atoms with Crippen molar-refractivity contribution in [1.82, 2.24) is 0 Å². The fourth-order valence-corrected chi connectivity index (χ4v) is 1.83. The molecule has 70 valence electrons. The summed E-state index contributed by atoms with van der Waals surface area (Å²) in [6.07, 6.45) is 2.21. The molecule has 14 heavy (non-hydrogen) atoms. The standard InChI is InChI=1S/C14H14/c1-3-6-12-9-10-13-7-4-5-8-14(13)11(12)2/h2,4-5,7-10H,3,6H2,1H3. The molecule has 2 aromatic rings. The molecule has 0 heteroatoms. The Morgan fingerprint density at radius 2 is 1.86 bits per heavy atom. The van der Waals surface area contributed by atoms with Gasteiger partial charge in [0.2, 0.25) is 0 Å². The van der Waals surface area contributed by atoms with Crippen molar-refractivity contribution < 1.29 is 0 Å². The van der Waals surface area contributed by atoms with E-state index in [4.69, 9.17) is 6.92 Å². The molecular formula is C14H14. The van der Waals surface area contributed by atoms with Crippen LogP contribution in [0.3, 0.4) is 0 Å². The average molecular weight is 182 g/mol. The van der Waals surface area contributed by atoms with Crippen LogP contribution < -0.4 is 0 Å². The zero-order valence-corrected chi connectivity index (χ0v) is 8.46. The maximum Gasteiger partial charge on any atom is -0.000251 e. The maximum atomic E-state index is 6.11. The number of hydrogen-bond donors (Lipinski definition) is 0. The zero-order chi connectivity index (χ0) is 9.97. The molecule has 0 spiro atoms. The van der Waals surface area contributed by atoms with Crippen molar-refractivity contribution >= 4 is 10.8 Å². The summed E-state index contributed by atoms with van der Waals surface area (Å²) in [5.41, 5.74) is 2.22. The highest BCUT2D eigenvalue weighted by Gasteiger charge is 2.01. The summed E-state index contributed by atoms with van der Waals surface area (Å²) in [5, 5.41) is 2.41. The minimum absolute atomic E-state index is 0.949. The molecule has 0 aromatic heterocycles. The SMILES string of the molecule is [CH]c1c(CCC)ccc2ccccc12. The Bertz CT molecular complexity index is 441. The lowest BCUT2D eigenvalue weighted by Gasteiger charge is -2.07. The molecule has 0 heterocycles. The van der Waals surface area contributed by atoms with Gasteiger partial charge in [0.25, 0.3) is 0 Å². The van der Waals surface area contributed by atoms with Gasteiger partial charge in [-0.15, -0.1) is 0 Å². The molecule has 0 fully saturated rings. The van der Waals surface area contributed by atoms with Gasteiger partial charge in [-0.1, -0.05) is 49.7 Å². The van der Waals surface area contributed by atoms with Crippen molar-refractivity contribution in [3.63, 3.8) is 0 Å². The van der Waals surface area contributed by atoms with Crippen LogP contribution >= 0.6 is 0 Å². The van der Waals surface area contributed by atoms with Gasteiger partial charge in [0.15, 0.2) is 0 Å². The van der Waals surface area contributed by atoms with Gasteiger partial charge >= 0.3 is 0 Å². The highest BCUT2D eigenvalue weighted by molar-refractivity contribution is 5.87. The summed E-state index contributed by atoms with van der Waals surface area (Å²) < 4.78 is 0. The molecule has 0 N–H and O–H groups in total. The van der Waals surface area contributed by atoms with Crippen LogP contribution in [0.15, 0.2) is 36.4 Å². The van der Waals surface area contributed by atoms with Crippen LogP contribution in [0.25, 0.3) is 10.8 Å². The van der Waals surface area contributed by atoms with Gasteiger partial charge in [-0.25, -0.2) is 0 Å². The van der Waals surface area contributed by atoms with E-state index >= 15 is 0 Å². The van der Waals surface area contributed by atoms with Crippen LogP contribution in [0, 0.1) is 6.92 Å². The van der Waals surface area contributed by atoms with Crippen LogP contribution in [-0.4, -0.2) is 0 Å². The average Bonchev–Trinajstić information content (AvgIpc) is 2.23. The Morgan fingerprint density at radius 3 is 2.64 bits per heavy atom. The molecule has 0 aliphatic carbocycles. The summed E-state index contributed by atoms with van der Waals surface area (Å²) >= 11 is 0. The lowest BCUT2D eigenvalue weighted by Crippen LogP contribution is -1.89. The first kappa shape index (κ1) is 9.26. The summed E-state index contributed by atoms with van der Waals surface area (Å²) in [6, 6.07) is 12.6. The highest BCUT2D eigenvalue weighted by Crippen LogP contribution is 2.22. The number of benzene rings is 2.